The number of thiophene rings is 1. The van der Waals surface area contributed by atoms with Gasteiger partial charge in [0.05, 0.1) is 45.3 Å². The molecule has 0 radical (unpaired) electrons. The average Bonchev–Trinajstić information content (AvgIpc) is 3.85. The van der Waals surface area contributed by atoms with Gasteiger partial charge in [-0.1, -0.05) is 93.8 Å². The molecule has 0 bridgehead atoms. The summed E-state index contributed by atoms with van der Waals surface area (Å²) in [5.41, 5.74) is 5.96. The van der Waals surface area contributed by atoms with Crippen LogP contribution in [0.3, 0.4) is 0 Å². The van der Waals surface area contributed by atoms with Crippen molar-refractivity contribution in [1.82, 2.24) is 24.8 Å². The number of methoxy groups -OCH3 is 1. The second-order valence-corrected chi connectivity index (χ2v) is 17.2. The highest BCUT2D eigenvalue weighted by Gasteiger charge is 2.32. The number of hydrogen-bond donors (Lipinski definition) is 2. The van der Waals surface area contributed by atoms with Crippen molar-refractivity contribution in [3.63, 3.8) is 0 Å². The Balaban J connectivity index is 0.000000172. The van der Waals surface area contributed by atoms with Gasteiger partial charge in [0.2, 0.25) is 0 Å². The molecule has 1 aliphatic rings. The van der Waals surface area contributed by atoms with Gasteiger partial charge in [-0.15, -0.1) is 11.3 Å². The average molecular weight is 888 g/mol. The lowest BCUT2D eigenvalue weighted by Gasteiger charge is -2.33. The molecule has 6 aromatic rings. The summed E-state index contributed by atoms with van der Waals surface area (Å²) in [7, 11) is 1.65. The number of hydrogen-bond acceptors (Lipinski definition) is 10. The summed E-state index contributed by atoms with van der Waals surface area (Å²) in [6, 6.07) is 23.4. The minimum absolute atomic E-state index is 0.178. The fraction of sp³-hybridized carbons (Fsp3) is 0.282. The van der Waals surface area contributed by atoms with E-state index in [0.717, 1.165) is 59.4 Å². The van der Waals surface area contributed by atoms with Crippen molar-refractivity contribution >= 4 is 78.3 Å². The number of imidazole rings is 1. The molecule has 0 spiro atoms. The van der Waals surface area contributed by atoms with Gasteiger partial charge in [0, 0.05) is 33.0 Å². The van der Waals surface area contributed by atoms with Crippen LogP contribution in [0.25, 0.3) is 11.2 Å². The maximum atomic E-state index is 12.3. The van der Waals surface area contributed by atoms with E-state index in [0.29, 0.717) is 9.66 Å². The Hall–Kier alpha value is -3.80. The maximum Gasteiger partial charge on any atom is 0.327 e. The molecule has 0 saturated carbocycles. The van der Waals surface area contributed by atoms with Crippen molar-refractivity contribution in [2.45, 2.75) is 44.3 Å². The van der Waals surface area contributed by atoms with Crippen LogP contribution in [0.2, 0.25) is 5.02 Å². The molecule has 0 saturated heterocycles. The van der Waals surface area contributed by atoms with E-state index in [1.54, 1.807) is 29.8 Å². The second-order valence-electron chi connectivity index (χ2n) is 13.1. The minimum Gasteiger partial charge on any atom is -0.744 e. The van der Waals surface area contributed by atoms with E-state index in [4.69, 9.17) is 28.6 Å². The van der Waals surface area contributed by atoms with Crippen LogP contribution in [0.5, 0.6) is 0 Å². The van der Waals surface area contributed by atoms with E-state index in [2.05, 4.69) is 97.5 Å². The van der Waals surface area contributed by atoms with Gasteiger partial charge in [-0.05, 0) is 67.1 Å². The number of aromatic nitrogens is 4. The van der Waals surface area contributed by atoms with Crippen molar-refractivity contribution < 1.29 is 27.0 Å². The first kappa shape index (κ1) is 43.9. The summed E-state index contributed by atoms with van der Waals surface area (Å²) in [4.78, 5) is 29.2. The molecule has 292 valence electrons. The number of esters is 1. The third-order valence-electron chi connectivity index (χ3n) is 8.78. The molecular formula is C39H44BrClN6O5S3. The van der Waals surface area contributed by atoms with E-state index in [1.165, 1.54) is 46.0 Å². The molecule has 7 rings (SSSR count). The molecule has 16 heteroatoms. The van der Waals surface area contributed by atoms with Crippen molar-refractivity contribution in [1.29, 1.82) is 0 Å². The lowest BCUT2D eigenvalue weighted by Crippen LogP contribution is -2.38. The summed E-state index contributed by atoms with van der Waals surface area (Å²) in [6.07, 6.45) is 4.08. The van der Waals surface area contributed by atoms with E-state index in [1.807, 2.05) is 31.2 Å². The zero-order valence-corrected chi connectivity index (χ0v) is 36.0. The molecule has 0 aliphatic carbocycles. The number of carbonyl (C=O) groups is 1. The Morgan fingerprint density at radius 3 is 2.36 bits per heavy atom. The highest BCUT2D eigenvalue weighted by molar-refractivity contribution is 9.10. The van der Waals surface area contributed by atoms with E-state index in [9.17, 15) is 17.8 Å². The number of rotatable bonds is 7. The Morgan fingerprint density at radius 2 is 1.73 bits per heavy atom. The molecular weight excluding hydrogens is 844 g/mol. The lowest BCUT2D eigenvalue weighted by atomic mass is 10.0. The largest absolute Gasteiger partial charge is 0.744 e. The topological polar surface area (TPSA) is 144 Å². The first-order valence-corrected chi connectivity index (χ1v) is 21.1. The van der Waals surface area contributed by atoms with Crippen LogP contribution >= 0.6 is 51.1 Å². The highest BCUT2D eigenvalue weighted by Crippen LogP contribution is 2.34. The number of nitrogens with zero attached hydrogens (tertiary/aromatic N) is 4. The van der Waals surface area contributed by atoms with Gasteiger partial charge in [-0.3, -0.25) is 4.90 Å². The first-order chi connectivity index (χ1) is 26.1. The van der Waals surface area contributed by atoms with Crippen LogP contribution in [-0.4, -0.2) is 82.6 Å². The number of H-pyrrole nitrogens is 2. The molecule has 11 nitrogen and oxygen atoms in total. The molecule has 0 amide bonds. The van der Waals surface area contributed by atoms with E-state index >= 15 is 0 Å². The van der Waals surface area contributed by atoms with Crippen LogP contribution in [0, 0.1) is 11.6 Å². The lowest BCUT2D eigenvalue weighted by molar-refractivity contribution is -0.901. The second kappa shape index (κ2) is 20.4. The molecule has 3 aromatic heterocycles. The van der Waals surface area contributed by atoms with Gasteiger partial charge in [-0.2, -0.15) is 0 Å². The van der Waals surface area contributed by atoms with Gasteiger partial charge in [0.15, 0.2) is 10.3 Å². The van der Waals surface area contributed by atoms with Gasteiger partial charge in [-0.25, -0.2) is 23.2 Å². The van der Waals surface area contributed by atoms with Crippen LogP contribution < -0.4 is 0 Å². The number of ether oxygens (including phenoxy) is 1. The number of aryl methyl sites for hydroxylation is 1. The molecule has 3 aromatic carbocycles. The summed E-state index contributed by atoms with van der Waals surface area (Å²) < 4.78 is 39.0. The quantitative estimate of drug-likeness (QED) is 0.0697. The third-order valence-corrected chi connectivity index (χ3v) is 12.1. The number of quaternary nitrogens is 1. The Labute approximate surface area is 344 Å². The van der Waals surface area contributed by atoms with Crippen LogP contribution in [-0.2, 0) is 39.2 Å². The number of nitrogens with one attached hydrogen (secondary N) is 2. The van der Waals surface area contributed by atoms with Gasteiger partial charge < -0.3 is 23.7 Å². The third kappa shape index (κ3) is 12.9. The fourth-order valence-electron chi connectivity index (χ4n) is 5.46. The molecule has 0 unspecified atom stereocenters. The van der Waals surface area contributed by atoms with Crippen molar-refractivity contribution in [2.24, 2.45) is 0 Å². The van der Waals surface area contributed by atoms with E-state index in [-0.39, 0.29) is 10.9 Å². The van der Waals surface area contributed by atoms with Crippen LogP contribution in [0.15, 0.2) is 106 Å². The monoisotopic (exact) mass is 886 g/mol. The molecule has 1 atom stereocenters. The van der Waals surface area contributed by atoms with E-state index < -0.39 is 16.2 Å². The number of fused-ring (bicyclic) bond motifs is 2. The number of benzene rings is 3. The standard InChI is InChI=1S/C16H16ClNO2S.C11H17BrN.C7H8O3S.C5H4N4S/c1-20-16(19)15(12-4-2-3-5-13(12)17)18-8-6-14-11(10-18)7-9-21-14;1-4-13(2,3)9-10-7-5-6-8-11(10)12;1-6-2-4-7(5-3-6)11(8,9)10;10-5-3-4(7-1-6-3)8-2-9-5/h2-5,7,9,15H,6,8,10H2,1H3;5-8H,4,9H2,1-3H3;2-5H,1H3,(H,8,9,10);1-2H,(H2,6,7,8,9,10)/q;+1;;/p-1/t15-;;;/m0.../s1. The molecule has 1 aliphatic heterocycles. The normalized spacial score (nSPS) is 13.2. The SMILES string of the molecule is CC[N+](C)(C)Cc1ccccc1Br.COC(=O)[C@H](c1ccccc1Cl)N1CCc2sccc2C1.Cc1ccc(S(=O)(=O)[O-])cc1.S=c1nc[nH]c2nc[nH]c12. The number of halogens is 2. The number of carbonyl (C=O) groups excluding carboxylic acids is 1. The molecule has 4 heterocycles. The minimum atomic E-state index is -4.27. The molecule has 0 fully saturated rings. The van der Waals surface area contributed by atoms with Gasteiger partial charge in [0.25, 0.3) is 0 Å². The smallest absolute Gasteiger partial charge is 0.327 e. The predicted molar refractivity (Wildman–Crippen MR) is 223 cm³/mol. The predicted octanol–water partition coefficient (Wildman–Crippen LogP) is 8.63. The van der Waals surface area contributed by atoms with Gasteiger partial charge >= 0.3 is 5.97 Å². The fourth-order valence-corrected chi connectivity index (χ4v) is 7.68. The summed E-state index contributed by atoms with van der Waals surface area (Å²) in [6.45, 7) is 7.86. The Bertz CT molecular complexity index is 2330. The van der Waals surface area contributed by atoms with Crippen molar-refractivity contribution in [3.05, 3.63) is 138 Å². The Kier molecular flexibility index (Phi) is 16.3. The summed E-state index contributed by atoms with van der Waals surface area (Å²) >= 11 is 16.5. The zero-order chi connectivity index (χ0) is 40.2. The molecule has 2 N–H and O–H groups in total. The van der Waals surface area contributed by atoms with Crippen LogP contribution in [0.4, 0.5) is 0 Å². The van der Waals surface area contributed by atoms with Gasteiger partial charge in [0.1, 0.15) is 28.2 Å². The van der Waals surface area contributed by atoms with Crippen molar-refractivity contribution in [3.8, 4) is 0 Å². The Morgan fingerprint density at radius 1 is 1.05 bits per heavy atom. The zero-order valence-electron chi connectivity index (χ0n) is 31.2. The summed E-state index contributed by atoms with van der Waals surface area (Å²) in [5.74, 6) is -0.262. The maximum absolute atomic E-state index is 12.3. The molecule has 55 heavy (non-hydrogen) atoms. The first-order valence-electron chi connectivity index (χ1n) is 17.2. The van der Waals surface area contributed by atoms with Crippen LogP contribution in [0.1, 0.15) is 40.1 Å². The number of aromatic amines is 2. The van der Waals surface area contributed by atoms with Crippen molar-refractivity contribution in [2.75, 3.05) is 34.3 Å². The highest BCUT2D eigenvalue weighted by atomic mass is 79.9. The summed E-state index contributed by atoms with van der Waals surface area (Å²) in [5, 5.41) is 2.71.